The van der Waals surface area contributed by atoms with Crippen LogP contribution < -0.4 is 0 Å². The fourth-order valence-corrected chi connectivity index (χ4v) is 8.50. The molecule has 6 heteroatoms. The number of carbonyl (C=O) groups excluding carboxylic acids is 1. The van der Waals surface area contributed by atoms with Crippen LogP contribution in [-0.4, -0.2) is 41.7 Å². The Balaban J connectivity index is 1.83. The van der Waals surface area contributed by atoms with E-state index in [1.165, 1.54) is 19.3 Å². The van der Waals surface area contributed by atoms with Crippen molar-refractivity contribution in [1.29, 1.82) is 0 Å². The lowest BCUT2D eigenvalue weighted by atomic mass is 9.45. The topological polar surface area (TPSA) is 54.0 Å². The fourth-order valence-electron chi connectivity index (χ4n) is 6.32. The Morgan fingerprint density at radius 1 is 1.12 bits per heavy atom. The van der Waals surface area contributed by atoms with E-state index in [-0.39, 0.29) is 17.0 Å². The van der Waals surface area contributed by atoms with E-state index in [2.05, 4.69) is 13.5 Å². The third-order valence-electron chi connectivity index (χ3n) is 7.24. The van der Waals surface area contributed by atoms with E-state index in [0.717, 1.165) is 25.3 Å². The quantitative estimate of drug-likeness (QED) is 0.361. The van der Waals surface area contributed by atoms with Gasteiger partial charge in [0.15, 0.2) is 0 Å². The minimum Gasteiger partial charge on any atom is -0.456 e. The van der Waals surface area contributed by atoms with Gasteiger partial charge in [0.1, 0.15) is 5.60 Å². The Bertz CT molecular complexity index is 548. The van der Waals surface area contributed by atoms with Crippen LogP contribution in [0.5, 0.6) is 0 Å². The van der Waals surface area contributed by atoms with E-state index in [9.17, 15) is 4.79 Å². The molecule has 0 amide bonds. The van der Waals surface area contributed by atoms with Crippen molar-refractivity contribution in [3.8, 4) is 0 Å². The Kier molecular flexibility index (Phi) is 5.43. The van der Waals surface area contributed by atoms with E-state index in [0.29, 0.717) is 23.3 Å². The second-order valence-corrected chi connectivity index (χ2v) is 12.1. The van der Waals surface area contributed by atoms with Crippen LogP contribution in [0.4, 0.5) is 0 Å². The number of esters is 1. The molecule has 26 heavy (non-hydrogen) atoms. The highest BCUT2D eigenvalue weighted by molar-refractivity contribution is 6.60. The van der Waals surface area contributed by atoms with Gasteiger partial charge in [-0.2, -0.15) is 0 Å². The van der Waals surface area contributed by atoms with Gasteiger partial charge in [-0.15, -0.1) is 0 Å². The molecule has 4 aliphatic carbocycles. The third-order valence-corrected chi connectivity index (χ3v) is 10.2. The van der Waals surface area contributed by atoms with Crippen LogP contribution in [-0.2, 0) is 22.8 Å². The highest BCUT2D eigenvalue weighted by atomic mass is 28.4. The molecule has 4 fully saturated rings. The lowest BCUT2D eigenvalue weighted by Gasteiger charge is -2.63. The molecule has 3 unspecified atom stereocenters. The number of hydrogen-bond acceptors (Lipinski definition) is 5. The van der Waals surface area contributed by atoms with Crippen LogP contribution >= 0.6 is 0 Å². The zero-order chi connectivity index (χ0) is 19.2. The predicted molar refractivity (Wildman–Crippen MR) is 102 cm³/mol. The zero-order valence-electron chi connectivity index (χ0n) is 16.9. The molecular formula is C20H34O5Si. The molecule has 3 atom stereocenters. The van der Waals surface area contributed by atoms with Crippen LogP contribution in [0.2, 0.25) is 6.04 Å². The van der Waals surface area contributed by atoms with Gasteiger partial charge in [-0.3, -0.25) is 0 Å². The van der Waals surface area contributed by atoms with E-state index in [1.54, 1.807) is 28.3 Å². The maximum Gasteiger partial charge on any atom is 0.500 e. The molecule has 0 aliphatic heterocycles. The van der Waals surface area contributed by atoms with Crippen molar-refractivity contribution >= 4 is 14.8 Å². The van der Waals surface area contributed by atoms with Crippen molar-refractivity contribution < 1.29 is 22.8 Å². The zero-order valence-corrected chi connectivity index (χ0v) is 17.9. The highest BCUT2D eigenvalue weighted by Crippen LogP contribution is 2.66. The molecule has 4 aliphatic rings. The average Bonchev–Trinajstić information content (AvgIpc) is 2.58. The molecule has 0 spiro atoms. The first-order chi connectivity index (χ1) is 12.2. The van der Waals surface area contributed by atoms with Crippen LogP contribution in [0.25, 0.3) is 0 Å². The Hall–Kier alpha value is -0.693. The van der Waals surface area contributed by atoms with E-state index >= 15 is 0 Å². The maximum absolute atomic E-state index is 12.3. The van der Waals surface area contributed by atoms with Gasteiger partial charge in [-0.1, -0.05) is 13.5 Å². The van der Waals surface area contributed by atoms with E-state index in [4.69, 9.17) is 18.0 Å². The monoisotopic (exact) mass is 382 g/mol. The lowest BCUT2D eigenvalue weighted by Crippen LogP contribution is -2.60. The third kappa shape index (κ3) is 3.41. The fraction of sp³-hybridized carbons (Fsp3) is 0.850. The molecule has 4 bridgehead atoms. The molecular weight excluding hydrogens is 348 g/mol. The van der Waals surface area contributed by atoms with Gasteiger partial charge >= 0.3 is 14.8 Å². The summed E-state index contributed by atoms with van der Waals surface area (Å²) < 4.78 is 23.1. The highest BCUT2D eigenvalue weighted by Gasteiger charge is 2.62. The molecule has 0 aromatic heterocycles. The van der Waals surface area contributed by atoms with E-state index in [1.807, 2.05) is 0 Å². The van der Waals surface area contributed by atoms with Gasteiger partial charge in [-0.05, 0) is 68.6 Å². The second kappa shape index (κ2) is 7.04. The summed E-state index contributed by atoms with van der Waals surface area (Å²) in [7, 11) is 2.42. The van der Waals surface area contributed by atoms with Gasteiger partial charge in [0.2, 0.25) is 0 Å². The SMILES string of the molecule is C=C(C)C(=O)OC12CC3CC(C1)CC(C(C)C[Si](OC)(OC)OC)(C3)C2. The Labute approximate surface area is 158 Å². The molecule has 148 valence electrons. The summed E-state index contributed by atoms with van der Waals surface area (Å²) in [6.07, 6.45) is 6.70. The van der Waals surface area contributed by atoms with Crippen molar-refractivity contribution in [2.24, 2.45) is 23.2 Å². The average molecular weight is 383 g/mol. The standard InChI is InChI=1S/C20H34O5Si/c1-14(2)18(21)25-20-10-16-7-17(11-20)9-19(8-16,13-20)15(3)12-26(22-4,23-5)24-6/h15-17H,1,7-13H2,2-6H3. The van der Waals surface area contributed by atoms with Gasteiger partial charge in [0.05, 0.1) is 0 Å². The summed E-state index contributed by atoms with van der Waals surface area (Å²) in [4.78, 5) is 12.3. The van der Waals surface area contributed by atoms with Crippen LogP contribution in [0, 0.1) is 23.2 Å². The summed E-state index contributed by atoms with van der Waals surface area (Å²) in [6.45, 7) is 7.81. The smallest absolute Gasteiger partial charge is 0.456 e. The van der Waals surface area contributed by atoms with Gasteiger partial charge < -0.3 is 18.0 Å². The lowest BCUT2D eigenvalue weighted by molar-refractivity contribution is -0.205. The molecule has 4 rings (SSSR count). The van der Waals surface area contributed by atoms with Gasteiger partial charge in [0, 0.05) is 32.9 Å². The Morgan fingerprint density at radius 2 is 1.65 bits per heavy atom. The van der Waals surface area contributed by atoms with Crippen LogP contribution in [0.1, 0.15) is 52.4 Å². The van der Waals surface area contributed by atoms with Gasteiger partial charge in [-0.25, -0.2) is 4.79 Å². The molecule has 0 saturated heterocycles. The van der Waals surface area contributed by atoms with E-state index < -0.39 is 8.80 Å². The largest absolute Gasteiger partial charge is 0.500 e. The van der Waals surface area contributed by atoms with Gasteiger partial charge in [0.25, 0.3) is 0 Å². The number of ether oxygens (including phenoxy) is 1. The van der Waals surface area contributed by atoms with Crippen molar-refractivity contribution in [1.82, 2.24) is 0 Å². The van der Waals surface area contributed by atoms with Crippen molar-refractivity contribution in [3.63, 3.8) is 0 Å². The van der Waals surface area contributed by atoms with Crippen molar-refractivity contribution in [2.45, 2.75) is 64.0 Å². The maximum atomic E-state index is 12.3. The summed E-state index contributed by atoms with van der Waals surface area (Å²) in [5.74, 6) is 1.48. The minimum atomic E-state index is -2.63. The second-order valence-electron chi connectivity index (χ2n) is 9.08. The van der Waals surface area contributed by atoms with Crippen LogP contribution in [0.15, 0.2) is 12.2 Å². The van der Waals surface area contributed by atoms with Crippen molar-refractivity contribution in [3.05, 3.63) is 12.2 Å². The molecule has 4 saturated carbocycles. The molecule has 0 radical (unpaired) electrons. The molecule has 0 aromatic carbocycles. The first-order valence-corrected chi connectivity index (χ1v) is 11.7. The summed E-state index contributed by atoms with van der Waals surface area (Å²) in [6, 6.07) is 0.806. The summed E-state index contributed by atoms with van der Waals surface area (Å²) in [5.41, 5.74) is 0.381. The molecule has 0 heterocycles. The predicted octanol–water partition coefficient (Wildman–Crippen LogP) is 3.96. The Morgan fingerprint density at radius 3 is 2.12 bits per heavy atom. The number of carbonyl (C=O) groups is 1. The molecule has 0 aromatic rings. The first kappa shape index (κ1) is 20.1. The van der Waals surface area contributed by atoms with Crippen LogP contribution in [0.3, 0.4) is 0 Å². The number of hydrogen-bond donors (Lipinski definition) is 0. The first-order valence-electron chi connectivity index (χ1n) is 9.75. The molecule has 5 nitrogen and oxygen atoms in total. The molecule has 0 N–H and O–H groups in total. The minimum absolute atomic E-state index is 0.188. The summed E-state index contributed by atoms with van der Waals surface area (Å²) >= 11 is 0. The summed E-state index contributed by atoms with van der Waals surface area (Å²) in [5, 5.41) is 0. The van der Waals surface area contributed by atoms with Crippen molar-refractivity contribution in [2.75, 3.05) is 21.3 Å². The normalized spacial score (nSPS) is 36.8. The number of rotatable bonds is 8.